The van der Waals surface area contributed by atoms with Crippen molar-refractivity contribution in [1.29, 1.82) is 0 Å². The third-order valence-corrected chi connectivity index (χ3v) is 1.34. The summed E-state index contributed by atoms with van der Waals surface area (Å²) in [6.45, 7) is 4.87. The maximum absolute atomic E-state index is 10.6. The van der Waals surface area contributed by atoms with Crippen LogP contribution in [0.4, 0.5) is 0 Å². The molecule has 0 aromatic heterocycles. The van der Waals surface area contributed by atoms with E-state index >= 15 is 0 Å². The zero-order chi connectivity index (χ0) is 9.56. The van der Waals surface area contributed by atoms with Gasteiger partial charge in [-0.1, -0.05) is 6.08 Å². The first kappa shape index (κ1) is 10.7. The van der Waals surface area contributed by atoms with Gasteiger partial charge in [-0.15, -0.1) is 6.58 Å². The highest BCUT2D eigenvalue weighted by molar-refractivity contribution is 5.73. The molecule has 4 heteroatoms. The van der Waals surface area contributed by atoms with E-state index in [4.69, 9.17) is 5.11 Å². The first-order chi connectivity index (χ1) is 5.56. The van der Waals surface area contributed by atoms with Gasteiger partial charge in [0.15, 0.2) is 0 Å². The summed E-state index contributed by atoms with van der Waals surface area (Å²) < 4.78 is 0. The molecule has 12 heavy (non-hydrogen) atoms. The predicted molar refractivity (Wildman–Crippen MR) is 44.7 cm³/mol. The molecule has 0 aromatic carbocycles. The van der Waals surface area contributed by atoms with Crippen LogP contribution in [0.15, 0.2) is 12.7 Å². The Morgan fingerprint density at radius 2 is 2.25 bits per heavy atom. The minimum Gasteiger partial charge on any atom is -0.481 e. The normalized spacial score (nSPS) is 11.8. The van der Waals surface area contributed by atoms with Crippen molar-refractivity contribution < 1.29 is 14.7 Å². The quantitative estimate of drug-likeness (QED) is 0.593. The molecule has 0 bridgehead atoms. The Labute approximate surface area is 71.3 Å². The summed E-state index contributed by atoms with van der Waals surface area (Å²) in [5.74, 6) is -1.04. The van der Waals surface area contributed by atoms with Crippen LogP contribution in [0.5, 0.6) is 0 Å². The van der Waals surface area contributed by atoms with Crippen LogP contribution >= 0.6 is 0 Å². The second-order valence-electron chi connectivity index (χ2n) is 2.48. The first-order valence-electron chi connectivity index (χ1n) is 3.67. The van der Waals surface area contributed by atoms with Crippen LogP contribution in [0, 0.1) is 0 Å². The third-order valence-electron chi connectivity index (χ3n) is 1.34. The van der Waals surface area contributed by atoms with Gasteiger partial charge in [0.05, 0.1) is 0 Å². The van der Waals surface area contributed by atoms with Crippen LogP contribution in [0.3, 0.4) is 0 Å². The fourth-order valence-electron chi connectivity index (χ4n) is 0.789. The monoisotopic (exact) mass is 171 g/mol. The molecular weight excluding hydrogens is 158 g/mol. The molecule has 0 aliphatic carbocycles. The zero-order valence-corrected chi connectivity index (χ0v) is 7.04. The number of hydrogen-bond donors (Lipinski definition) is 2. The molecule has 0 radical (unpaired) electrons. The molecular formula is C8H13NO3. The van der Waals surface area contributed by atoms with E-state index in [-0.39, 0.29) is 18.4 Å². The number of aliphatic carboxylic acids is 1. The number of carbonyl (C=O) groups excluding carboxylic acids is 1. The zero-order valence-electron chi connectivity index (χ0n) is 7.04. The fraction of sp³-hybridized carbons (Fsp3) is 0.500. The molecule has 0 heterocycles. The van der Waals surface area contributed by atoms with Crippen LogP contribution in [0.1, 0.15) is 19.8 Å². The van der Waals surface area contributed by atoms with Crippen LogP contribution in [0.25, 0.3) is 0 Å². The number of rotatable bonds is 5. The molecule has 0 fully saturated rings. The highest BCUT2D eigenvalue weighted by Gasteiger charge is 2.07. The molecule has 0 saturated heterocycles. The Morgan fingerprint density at radius 1 is 1.67 bits per heavy atom. The minimum atomic E-state index is -0.868. The van der Waals surface area contributed by atoms with Gasteiger partial charge in [0.25, 0.3) is 0 Å². The van der Waals surface area contributed by atoms with Crippen LogP contribution in [0.2, 0.25) is 0 Å². The Morgan fingerprint density at radius 3 is 2.58 bits per heavy atom. The maximum atomic E-state index is 10.6. The van der Waals surface area contributed by atoms with E-state index in [0.717, 1.165) is 0 Å². The van der Waals surface area contributed by atoms with Crippen molar-refractivity contribution in [3.8, 4) is 0 Å². The number of hydrogen-bond acceptors (Lipinski definition) is 2. The van der Waals surface area contributed by atoms with E-state index in [9.17, 15) is 9.59 Å². The molecule has 2 N–H and O–H groups in total. The Bertz CT molecular complexity index is 189. The molecule has 4 nitrogen and oxygen atoms in total. The summed E-state index contributed by atoms with van der Waals surface area (Å²) in [7, 11) is 0. The lowest BCUT2D eigenvalue weighted by Crippen LogP contribution is -2.31. The van der Waals surface area contributed by atoms with Gasteiger partial charge in [-0.3, -0.25) is 9.59 Å². The van der Waals surface area contributed by atoms with Crippen molar-refractivity contribution in [2.45, 2.75) is 25.8 Å². The van der Waals surface area contributed by atoms with Gasteiger partial charge in [0, 0.05) is 19.4 Å². The van der Waals surface area contributed by atoms with Crippen molar-refractivity contribution in [2.75, 3.05) is 0 Å². The van der Waals surface area contributed by atoms with Gasteiger partial charge < -0.3 is 10.4 Å². The summed E-state index contributed by atoms with van der Waals surface area (Å²) in [5.41, 5.74) is 0. The molecule has 1 atom stereocenters. The van der Waals surface area contributed by atoms with E-state index in [1.807, 2.05) is 0 Å². The average molecular weight is 171 g/mol. The largest absolute Gasteiger partial charge is 0.481 e. The summed E-state index contributed by atoms with van der Waals surface area (Å²) in [4.78, 5) is 20.7. The Kier molecular flexibility index (Phi) is 4.76. The smallest absolute Gasteiger partial charge is 0.303 e. The van der Waals surface area contributed by atoms with Crippen molar-refractivity contribution in [1.82, 2.24) is 5.32 Å². The van der Waals surface area contributed by atoms with Gasteiger partial charge >= 0.3 is 5.97 Å². The molecule has 0 rings (SSSR count). The van der Waals surface area contributed by atoms with E-state index in [1.54, 1.807) is 0 Å². The second-order valence-corrected chi connectivity index (χ2v) is 2.48. The SMILES string of the molecule is C=CC(CCC(=O)O)NC(C)=O. The van der Waals surface area contributed by atoms with Gasteiger partial charge in [-0.25, -0.2) is 0 Å². The van der Waals surface area contributed by atoms with Crippen molar-refractivity contribution >= 4 is 11.9 Å². The lowest BCUT2D eigenvalue weighted by Gasteiger charge is -2.11. The summed E-state index contributed by atoms with van der Waals surface area (Å²) in [6.07, 6.45) is 1.96. The fourth-order valence-corrected chi connectivity index (χ4v) is 0.789. The number of carbonyl (C=O) groups is 2. The number of carboxylic acids is 1. The number of carboxylic acid groups (broad SMARTS) is 1. The number of nitrogens with one attached hydrogen (secondary N) is 1. The van der Waals surface area contributed by atoms with Crippen LogP contribution < -0.4 is 5.32 Å². The Balaban J connectivity index is 3.75. The molecule has 0 saturated carbocycles. The number of amides is 1. The highest BCUT2D eigenvalue weighted by Crippen LogP contribution is 1.97. The standard InChI is InChI=1S/C8H13NO3/c1-3-7(9-6(2)10)4-5-8(11)12/h3,7H,1,4-5H2,2H3,(H,9,10)(H,11,12). The average Bonchev–Trinajstić information content (AvgIpc) is 1.97. The topological polar surface area (TPSA) is 66.4 Å². The van der Waals surface area contributed by atoms with Crippen LogP contribution in [-0.4, -0.2) is 23.0 Å². The molecule has 68 valence electrons. The summed E-state index contributed by atoms with van der Waals surface area (Å²) in [6, 6.07) is -0.237. The lowest BCUT2D eigenvalue weighted by atomic mass is 10.1. The van der Waals surface area contributed by atoms with Crippen molar-refractivity contribution in [3.63, 3.8) is 0 Å². The molecule has 0 aliphatic heterocycles. The minimum absolute atomic E-state index is 0.0387. The second kappa shape index (κ2) is 5.35. The molecule has 1 unspecified atom stereocenters. The first-order valence-corrected chi connectivity index (χ1v) is 3.67. The maximum Gasteiger partial charge on any atom is 0.303 e. The van der Waals surface area contributed by atoms with Gasteiger partial charge in [-0.05, 0) is 6.42 Å². The van der Waals surface area contributed by atoms with E-state index in [1.165, 1.54) is 13.0 Å². The van der Waals surface area contributed by atoms with E-state index < -0.39 is 5.97 Å². The van der Waals surface area contributed by atoms with Crippen molar-refractivity contribution in [3.05, 3.63) is 12.7 Å². The third kappa shape index (κ3) is 5.46. The summed E-state index contributed by atoms with van der Waals surface area (Å²) in [5, 5.41) is 10.9. The highest BCUT2D eigenvalue weighted by atomic mass is 16.4. The summed E-state index contributed by atoms with van der Waals surface area (Å²) >= 11 is 0. The molecule has 1 amide bonds. The van der Waals surface area contributed by atoms with E-state index in [2.05, 4.69) is 11.9 Å². The van der Waals surface area contributed by atoms with Crippen LogP contribution in [-0.2, 0) is 9.59 Å². The van der Waals surface area contributed by atoms with Gasteiger partial charge in [-0.2, -0.15) is 0 Å². The predicted octanol–water partition coefficient (Wildman–Crippen LogP) is 0.542. The van der Waals surface area contributed by atoms with Gasteiger partial charge in [0.2, 0.25) is 5.91 Å². The Hall–Kier alpha value is -1.32. The lowest BCUT2D eigenvalue weighted by molar-refractivity contribution is -0.137. The molecule has 0 aliphatic rings. The molecule has 0 aromatic rings. The van der Waals surface area contributed by atoms with Gasteiger partial charge in [0.1, 0.15) is 0 Å². The van der Waals surface area contributed by atoms with Crippen molar-refractivity contribution in [2.24, 2.45) is 0 Å². The van der Waals surface area contributed by atoms with E-state index in [0.29, 0.717) is 6.42 Å². The molecule has 0 spiro atoms.